The number of imidazole rings is 1. The van der Waals surface area contributed by atoms with Crippen LogP contribution in [0.2, 0.25) is 5.02 Å². The fourth-order valence-electron chi connectivity index (χ4n) is 3.94. The highest BCUT2D eigenvalue weighted by molar-refractivity contribution is 6.30. The fraction of sp³-hybridized carbons (Fsp3) is 0.0833. The van der Waals surface area contributed by atoms with Crippen LogP contribution in [0.5, 0.6) is 0 Å². The second kappa shape index (κ2) is 6.90. The van der Waals surface area contributed by atoms with Gasteiger partial charge in [-0.25, -0.2) is 4.98 Å². The van der Waals surface area contributed by atoms with Crippen LogP contribution in [0.4, 0.5) is 5.95 Å². The monoisotopic (exact) mass is 399 g/mol. The van der Waals surface area contributed by atoms with E-state index in [4.69, 9.17) is 16.6 Å². The summed E-state index contributed by atoms with van der Waals surface area (Å²) in [7, 11) is 0. The molecule has 2 heterocycles. The summed E-state index contributed by atoms with van der Waals surface area (Å²) < 4.78 is 2.03. The molecular formula is C24H18ClN3O. The minimum atomic E-state index is -0.315. The lowest BCUT2D eigenvalue weighted by molar-refractivity contribution is 0.102. The van der Waals surface area contributed by atoms with E-state index in [1.165, 1.54) is 0 Å². The number of para-hydroxylation sites is 2. The molecule has 1 aliphatic heterocycles. The molecule has 4 nitrogen and oxygen atoms in total. The molecule has 142 valence electrons. The Labute approximate surface area is 173 Å². The Bertz CT molecular complexity index is 1260. The molecule has 0 bridgehead atoms. The first-order chi connectivity index (χ1) is 14.1. The zero-order valence-corrected chi connectivity index (χ0v) is 16.5. The lowest BCUT2D eigenvalue weighted by Gasteiger charge is -2.30. The number of hydrogen-bond donors (Lipinski definition) is 1. The number of rotatable bonds is 3. The average Bonchev–Trinajstić information content (AvgIpc) is 3.13. The number of carbonyl (C=O) groups is 1. The molecule has 1 N–H and O–H groups in total. The number of halogens is 1. The second-order valence-corrected chi connectivity index (χ2v) is 7.52. The second-order valence-electron chi connectivity index (χ2n) is 7.08. The molecule has 0 saturated heterocycles. The first-order valence-electron chi connectivity index (χ1n) is 9.44. The van der Waals surface area contributed by atoms with Crippen LogP contribution < -0.4 is 5.32 Å². The number of Topliss-reactive ketones (excluding diaryl/α,β-unsaturated/α-hetero) is 1. The van der Waals surface area contributed by atoms with Crippen molar-refractivity contribution in [3.8, 4) is 0 Å². The van der Waals surface area contributed by atoms with Gasteiger partial charge >= 0.3 is 0 Å². The summed E-state index contributed by atoms with van der Waals surface area (Å²) in [6.07, 6.45) is 0. The number of nitrogens with zero attached hydrogens (tertiary/aromatic N) is 2. The summed E-state index contributed by atoms with van der Waals surface area (Å²) in [5, 5.41) is 4.14. The van der Waals surface area contributed by atoms with Gasteiger partial charge in [0.25, 0.3) is 0 Å². The minimum absolute atomic E-state index is 0.000943. The number of carbonyl (C=O) groups excluding carboxylic acids is 1. The lowest BCUT2D eigenvalue weighted by Crippen LogP contribution is -2.27. The molecule has 1 aliphatic rings. The Kier molecular flexibility index (Phi) is 4.22. The fourth-order valence-corrected chi connectivity index (χ4v) is 4.06. The predicted molar refractivity (Wildman–Crippen MR) is 117 cm³/mol. The highest BCUT2D eigenvalue weighted by Crippen LogP contribution is 2.39. The summed E-state index contributed by atoms with van der Waals surface area (Å²) in [5.41, 5.74) is 5.07. The number of fused-ring (bicyclic) bond motifs is 3. The molecule has 1 unspecified atom stereocenters. The molecule has 5 rings (SSSR count). The Morgan fingerprint density at radius 1 is 0.966 bits per heavy atom. The van der Waals surface area contributed by atoms with Crippen molar-refractivity contribution in [2.75, 3.05) is 5.32 Å². The van der Waals surface area contributed by atoms with E-state index in [2.05, 4.69) is 5.32 Å². The Morgan fingerprint density at radius 3 is 2.41 bits per heavy atom. The van der Waals surface area contributed by atoms with Gasteiger partial charge in [-0.1, -0.05) is 66.2 Å². The van der Waals surface area contributed by atoms with E-state index in [0.717, 1.165) is 28.2 Å². The van der Waals surface area contributed by atoms with E-state index in [9.17, 15) is 4.79 Å². The van der Waals surface area contributed by atoms with Crippen LogP contribution in [-0.4, -0.2) is 15.3 Å². The third-order valence-corrected chi connectivity index (χ3v) is 5.58. The predicted octanol–water partition coefficient (Wildman–Crippen LogP) is 5.97. The molecule has 0 aliphatic carbocycles. The van der Waals surface area contributed by atoms with Crippen LogP contribution in [0.25, 0.3) is 16.7 Å². The molecule has 5 heteroatoms. The van der Waals surface area contributed by atoms with Crippen molar-refractivity contribution >= 4 is 40.1 Å². The van der Waals surface area contributed by atoms with Gasteiger partial charge in [-0.15, -0.1) is 0 Å². The summed E-state index contributed by atoms with van der Waals surface area (Å²) >= 11 is 6.09. The van der Waals surface area contributed by atoms with Crippen LogP contribution in [0.15, 0.2) is 84.4 Å². The summed E-state index contributed by atoms with van der Waals surface area (Å²) in [6, 6.07) is 24.6. The summed E-state index contributed by atoms with van der Waals surface area (Å²) in [4.78, 5) is 18.3. The van der Waals surface area contributed by atoms with E-state index < -0.39 is 0 Å². The van der Waals surface area contributed by atoms with E-state index in [-0.39, 0.29) is 11.8 Å². The number of ketones is 1. The van der Waals surface area contributed by atoms with Gasteiger partial charge in [0.15, 0.2) is 5.78 Å². The van der Waals surface area contributed by atoms with Gasteiger partial charge in [-0.2, -0.15) is 0 Å². The smallest absolute Gasteiger partial charge is 0.209 e. The van der Waals surface area contributed by atoms with E-state index in [1.807, 2.05) is 90.4 Å². The van der Waals surface area contributed by atoms with E-state index in [1.54, 1.807) is 0 Å². The molecule has 0 fully saturated rings. The third kappa shape index (κ3) is 2.93. The van der Waals surface area contributed by atoms with Crippen LogP contribution in [0.1, 0.15) is 28.9 Å². The number of aromatic nitrogens is 2. The molecular weight excluding hydrogens is 382 g/mol. The molecule has 1 aromatic heterocycles. The number of benzene rings is 3. The van der Waals surface area contributed by atoms with Crippen LogP contribution in [-0.2, 0) is 0 Å². The largest absolute Gasteiger partial charge is 0.344 e. The molecule has 0 amide bonds. The molecule has 4 aromatic rings. The number of hydrogen-bond acceptors (Lipinski definition) is 3. The van der Waals surface area contributed by atoms with Gasteiger partial charge in [0.1, 0.15) is 0 Å². The Morgan fingerprint density at radius 2 is 1.66 bits per heavy atom. The maximum absolute atomic E-state index is 13.6. The maximum Gasteiger partial charge on any atom is 0.209 e. The van der Waals surface area contributed by atoms with Crippen molar-refractivity contribution in [2.45, 2.75) is 13.0 Å². The average molecular weight is 400 g/mol. The van der Waals surface area contributed by atoms with Crippen molar-refractivity contribution in [3.63, 3.8) is 0 Å². The van der Waals surface area contributed by atoms with Crippen molar-refractivity contribution in [1.29, 1.82) is 0 Å². The quantitative estimate of drug-likeness (QED) is 0.431. The van der Waals surface area contributed by atoms with Crippen LogP contribution in [0.3, 0.4) is 0 Å². The van der Waals surface area contributed by atoms with Gasteiger partial charge in [-0.05, 0) is 36.8 Å². The zero-order chi connectivity index (χ0) is 20.0. The van der Waals surface area contributed by atoms with Crippen molar-refractivity contribution in [3.05, 3.63) is 101 Å². The van der Waals surface area contributed by atoms with Gasteiger partial charge in [0.2, 0.25) is 5.95 Å². The zero-order valence-electron chi connectivity index (χ0n) is 15.8. The van der Waals surface area contributed by atoms with Crippen molar-refractivity contribution < 1.29 is 4.79 Å². The minimum Gasteiger partial charge on any atom is -0.344 e. The molecule has 0 spiro atoms. The molecule has 3 aromatic carbocycles. The van der Waals surface area contributed by atoms with Crippen LogP contribution in [0, 0.1) is 0 Å². The summed E-state index contributed by atoms with van der Waals surface area (Å²) in [6.45, 7) is 1.98. The highest BCUT2D eigenvalue weighted by atomic mass is 35.5. The number of nitrogens with one attached hydrogen (secondary N) is 1. The number of anilines is 1. The van der Waals surface area contributed by atoms with Crippen LogP contribution >= 0.6 is 11.6 Å². The standard InChI is InChI=1S/C24H18ClN3O/c1-15-21(23(29)17-7-3-2-4-8-17)22(16-11-13-18(25)14-12-16)27-24-26-19-9-5-6-10-20(19)28(15)24/h2-14,22H,1H3,(H,26,27). The van der Waals surface area contributed by atoms with Gasteiger partial charge in [0.05, 0.1) is 17.1 Å². The SMILES string of the molecule is CC1=C(C(=O)c2ccccc2)C(c2ccc(Cl)cc2)Nc2nc3ccccc3n21. The van der Waals surface area contributed by atoms with Gasteiger partial charge in [0, 0.05) is 21.9 Å². The highest BCUT2D eigenvalue weighted by Gasteiger charge is 2.33. The Balaban J connectivity index is 1.75. The lowest BCUT2D eigenvalue weighted by atomic mass is 9.89. The van der Waals surface area contributed by atoms with Gasteiger partial charge < -0.3 is 5.32 Å². The topological polar surface area (TPSA) is 46.9 Å². The molecule has 0 radical (unpaired) electrons. The summed E-state index contributed by atoms with van der Waals surface area (Å²) in [5.74, 6) is 0.729. The first-order valence-corrected chi connectivity index (χ1v) is 9.81. The van der Waals surface area contributed by atoms with Gasteiger partial charge in [-0.3, -0.25) is 9.36 Å². The number of allylic oxidation sites excluding steroid dienone is 1. The molecule has 1 atom stereocenters. The van der Waals surface area contributed by atoms with Crippen molar-refractivity contribution in [1.82, 2.24) is 9.55 Å². The van der Waals surface area contributed by atoms with E-state index >= 15 is 0 Å². The normalized spacial score (nSPS) is 15.9. The maximum atomic E-state index is 13.6. The first kappa shape index (κ1) is 17.7. The Hall–Kier alpha value is -3.37. The third-order valence-electron chi connectivity index (χ3n) is 5.33. The molecule has 0 saturated carbocycles. The van der Waals surface area contributed by atoms with E-state index in [0.29, 0.717) is 16.2 Å². The molecule has 29 heavy (non-hydrogen) atoms. The van der Waals surface area contributed by atoms with Crippen molar-refractivity contribution in [2.24, 2.45) is 0 Å².